The number of aliphatic imine (C=N–C) groups is 1. The summed E-state index contributed by atoms with van der Waals surface area (Å²) in [4.78, 5) is 7.06. The molecule has 5 heteroatoms. The van der Waals surface area contributed by atoms with Crippen LogP contribution >= 0.6 is 0 Å². The number of hydrogen-bond acceptors (Lipinski definition) is 3. The van der Waals surface area contributed by atoms with Crippen LogP contribution in [0.3, 0.4) is 0 Å². The molecular weight excluding hydrogens is 300 g/mol. The number of nitrogens with one attached hydrogen (secondary N) is 1. The first-order chi connectivity index (χ1) is 11.7. The van der Waals surface area contributed by atoms with Crippen molar-refractivity contribution in [2.45, 2.75) is 46.2 Å². The Bertz CT molecular complexity index is 705. The smallest absolute Gasteiger partial charge is 0.194 e. The van der Waals surface area contributed by atoms with E-state index in [9.17, 15) is 0 Å². The first kappa shape index (κ1) is 16.6. The summed E-state index contributed by atoms with van der Waals surface area (Å²) in [6, 6.07) is 10.6. The van der Waals surface area contributed by atoms with E-state index in [-0.39, 0.29) is 0 Å². The van der Waals surface area contributed by atoms with Crippen molar-refractivity contribution in [3.63, 3.8) is 0 Å². The molecule has 0 amide bonds. The predicted molar refractivity (Wildman–Crippen MR) is 96.0 cm³/mol. The molecule has 0 saturated heterocycles. The number of aromatic nitrogens is 1. The Hall–Kier alpha value is -2.30. The molecule has 24 heavy (non-hydrogen) atoms. The van der Waals surface area contributed by atoms with Crippen molar-refractivity contribution in [2.75, 3.05) is 13.1 Å². The van der Waals surface area contributed by atoms with Gasteiger partial charge in [0.25, 0.3) is 0 Å². The third-order valence-electron chi connectivity index (χ3n) is 4.32. The maximum absolute atomic E-state index is 5.39. The monoisotopic (exact) mass is 326 g/mol. The lowest BCUT2D eigenvalue weighted by Gasteiger charge is -2.31. The minimum Gasteiger partial charge on any atom is -0.359 e. The van der Waals surface area contributed by atoms with Crippen molar-refractivity contribution in [1.29, 1.82) is 0 Å². The van der Waals surface area contributed by atoms with Gasteiger partial charge in [-0.15, -0.1) is 0 Å². The molecule has 1 aromatic carbocycles. The second-order valence-corrected chi connectivity index (χ2v) is 6.48. The normalized spacial score (nSPS) is 14.8. The van der Waals surface area contributed by atoms with Crippen molar-refractivity contribution in [2.24, 2.45) is 4.99 Å². The van der Waals surface area contributed by atoms with E-state index in [2.05, 4.69) is 60.4 Å². The highest BCUT2D eigenvalue weighted by atomic mass is 16.5. The molecule has 2 aromatic rings. The molecule has 1 N–H and O–H groups in total. The highest BCUT2D eigenvalue weighted by molar-refractivity contribution is 5.80. The molecule has 3 rings (SSSR count). The summed E-state index contributed by atoms with van der Waals surface area (Å²) < 4.78 is 5.39. The van der Waals surface area contributed by atoms with Crippen molar-refractivity contribution >= 4 is 5.96 Å². The van der Waals surface area contributed by atoms with Crippen LogP contribution in [0.25, 0.3) is 0 Å². The standard InChI is InChI=1S/C19H26N4O/c1-4-20-19(21-12-17-11-18(14(2)3)22-24-17)23-10-9-15-7-5-6-8-16(15)13-23/h5-8,11,14H,4,9-10,12-13H2,1-3H3,(H,20,21). The fourth-order valence-corrected chi connectivity index (χ4v) is 2.93. The summed E-state index contributed by atoms with van der Waals surface area (Å²) in [5.41, 5.74) is 3.81. The van der Waals surface area contributed by atoms with Gasteiger partial charge in [-0.05, 0) is 30.4 Å². The lowest BCUT2D eigenvalue weighted by atomic mass is 10.0. The average Bonchev–Trinajstić information content (AvgIpc) is 3.07. The first-order valence-electron chi connectivity index (χ1n) is 8.73. The van der Waals surface area contributed by atoms with Gasteiger partial charge in [-0.25, -0.2) is 4.99 Å². The van der Waals surface area contributed by atoms with E-state index in [1.54, 1.807) is 0 Å². The van der Waals surface area contributed by atoms with E-state index in [4.69, 9.17) is 9.52 Å². The molecule has 0 fully saturated rings. The Labute approximate surface area is 143 Å². The van der Waals surface area contributed by atoms with Crippen LogP contribution in [-0.2, 0) is 19.5 Å². The van der Waals surface area contributed by atoms with E-state index in [1.165, 1.54) is 11.1 Å². The zero-order valence-corrected chi connectivity index (χ0v) is 14.7. The molecule has 128 valence electrons. The van der Waals surface area contributed by atoms with Crippen molar-refractivity contribution in [3.8, 4) is 0 Å². The minimum atomic E-state index is 0.373. The molecule has 0 unspecified atom stereocenters. The van der Waals surface area contributed by atoms with Crippen molar-refractivity contribution < 1.29 is 4.52 Å². The zero-order valence-electron chi connectivity index (χ0n) is 14.7. The van der Waals surface area contributed by atoms with Crippen LogP contribution in [0, 0.1) is 0 Å². The molecule has 0 atom stereocenters. The summed E-state index contributed by atoms with van der Waals surface area (Å²) in [6.45, 7) is 9.57. The number of hydrogen-bond donors (Lipinski definition) is 1. The van der Waals surface area contributed by atoms with Crippen LogP contribution < -0.4 is 5.32 Å². The molecule has 0 spiro atoms. The van der Waals surface area contributed by atoms with E-state index < -0.39 is 0 Å². The average molecular weight is 326 g/mol. The van der Waals surface area contributed by atoms with Gasteiger partial charge in [0, 0.05) is 25.7 Å². The largest absolute Gasteiger partial charge is 0.359 e. The number of guanidine groups is 1. The van der Waals surface area contributed by atoms with Gasteiger partial charge >= 0.3 is 0 Å². The van der Waals surface area contributed by atoms with Crippen molar-refractivity contribution in [3.05, 3.63) is 52.9 Å². The second-order valence-electron chi connectivity index (χ2n) is 6.48. The highest BCUT2D eigenvalue weighted by Crippen LogP contribution is 2.19. The van der Waals surface area contributed by atoms with Crippen LogP contribution in [0.15, 0.2) is 39.8 Å². The molecule has 0 bridgehead atoms. The quantitative estimate of drug-likeness (QED) is 0.692. The molecule has 1 aliphatic rings. The molecule has 1 aromatic heterocycles. The van der Waals surface area contributed by atoms with Crippen LogP contribution in [0.2, 0.25) is 0 Å². The van der Waals surface area contributed by atoms with Crippen molar-refractivity contribution in [1.82, 2.24) is 15.4 Å². The fraction of sp³-hybridized carbons (Fsp3) is 0.474. The summed E-state index contributed by atoms with van der Waals surface area (Å²) in [5.74, 6) is 2.12. The Kier molecular flexibility index (Phi) is 5.18. The Balaban J connectivity index is 1.72. The molecule has 0 aliphatic carbocycles. The highest BCUT2D eigenvalue weighted by Gasteiger charge is 2.18. The summed E-state index contributed by atoms with van der Waals surface area (Å²) >= 11 is 0. The second kappa shape index (κ2) is 7.51. The van der Waals surface area contributed by atoms with Crippen LogP contribution in [0.5, 0.6) is 0 Å². The van der Waals surface area contributed by atoms with Crippen LogP contribution in [0.4, 0.5) is 0 Å². The zero-order chi connectivity index (χ0) is 16.9. The van der Waals surface area contributed by atoms with E-state index in [0.29, 0.717) is 12.5 Å². The lowest BCUT2D eigenvalue weighted by molar-refractivity contribution is 0.366. The Morgan fingerprint density at radius 3 is 2.83 bits per heavy atom. The first-order valence-corrected chi connectivity index (χ1v) is 8.73. The van der Waals surface area contributed by atoms with Gasteiger partial charge in [-0.2, -0.15) is 0 Å². The van der Waals surface area contributed by atoms with Gasteiger partial charge in [0.05, 0.1) is 5.69 Å². The molecule has 2 heterocycles. The van der Waals surface area contributed by atoms with Gasteiger partial charge < -0.3 is 14.7 Å². The van der Waals surface area contributed by atoms with E-state index >= 15 is 0 Å². The molecule has 0 saturated carbocycles. The molecule has 0 radical (unpaired) electrons. The molecule has 1 aliphatic heterocycles. The fourth-order valence-electron chi connectivity index (χ4n) is 2.93. The topological polar surface area (TPSA) is 53.7 Å². The summed E-state index contributed by atoms with van der Waals surface area (Å²) in [5, 5.41) is 7.50. The predicted octanol–water partition coefficient (Wildman–Crippen LogP) is 3.32. The number of fused-ring (bicyclic) bond motifs is 1. The molecular formula is C19H26N4O. The Morgan fingerprint density at radius 1 is 1.33 bits per heavy atom. The van der Waals surface area contributed by atoms with E-state index in [0.717, 1.165) is 43.5 Å². The Morgan fingerprint density at radius 2 is 2.12 bits per heavy atom. The third-order valence-corrected chi connectivity index (χ3v) is 4.32. The SMILES string of the molecule is CCNC(=NCc1cc(C(C)C)no1)N1CCc2ccccc2C1. The van der Waals surface area contributed by atoms with Gasteiger partial charge in [-0.1, -0.05) is 43.3 Å². The summed E-state index contributed by atoms with van der Waals surface area (Å²) in [7, 11) is 0. The van der Waals surface area contributed by atoms with Gasteiger partial charge in [0.15, 0.2) is 11.7 Å². The lowest BCUT2D eigenvalue weighted by Crippen LogP contribution is -2.44. The van der Waals surface area contributed by atoms with Gasteiger partial charge in [0.1, 0.15) is 6.54 Å². The van der Waals surface area contributed by atoms with Gasteiger partial charge in [-0.3, -0.25) is 0 Å². The number of rotatable bonds is 4. The maximum atomic E-state index is 5.39. The van der Waals surface area contributed by atoms with E-state index in [1.807, 2.05) is 6.07 Å². The minimum absolute atomic E-state index is 0.373. The maximum Gasteiger partial charge on any atom is 0.194 e. The van der Waals surface area contributed by atoms with Crippen LogP contribution in [0.1, 0.15) is 49.3 Å². The third kappa shape index (κ3) is 3.78. The van der Waals surface area contributed by atoms with Gasteiger partial charge in [0.2, 0.25) is 0 Å². The van der Waals surface area contributed by atoms with Crippen LogP contribution in [-0.4, -0.2) is 29.1 Å². The number of nitrogens with zero attached hydrogens (tertiary/aromatic N) is 3. The summed E-state index contributed by atoms with van der Waals surface area (Å²) in [6.07, 6.45) is 1.06. The molecule has 5 nitrogen and oxygen atoms in total. The number of benzene rings is 1.